The molecule has 0 saturated heterocycles. The molecule has 1 aromatic heterocycles. The first-order chi connectivity index (χ1) is 8.09. The van der Waals surface area contributed by atoms with Crippen LogP contribution >= 0.6 is 15.9 Å². The fourth-order valence-electron chi connectivity index (χ4n) is 1.65. The van der Waals surface area contributed by atoms with Gasteiger partial charge in [-0.05, 0) is 35.0 Å². The van der Waals surface area contributed by atoms with E-state index in [1.807, 2.05) is 31.2 Å². The highest BCUT2D eigenvalue weighted by Crippen LogP contribution is 2.22. The molecule has 0 bridgehead atoms. The number of aromatic nitrogens is 2. The minimum Gasteiger partial charge on any atom is -0.481 e. The van der Waals surface area contributed by atoms with Crippen molar-refractivity contribution in [3.05, 3.63) is 46.2 Å². The van der Waals surface area contributed by atoms with Crippen LogP contribution in [-0.2, 0) is 11.2 Å². The Morgan fingerprint density at radius 3 is 2.82 bits per heavy atom. The van der Waals surface area contributed by atoms with Crippen LogP contribution in [0.25, 0.3) is 5.69 Å². The highest BCUT2D eigenvalue weighted by Gasteiger charge is 2.12. The monoisotopic (exact) mass is 294 g/mol. The van der Waals surface area contributed by atoms with Gasteiger partial charge in [-0.3, -0.25) is 4.79 Å². The molecule has 0 aliphatic heterocycles. The average Bonchev–Trinajstić information content (AvgIpc) is 2.61. The minimum absolute atomic E-state index is 0.00368. The smallest absolute Gasteiger partial charge is 0.307 e. The number of hydrogen-bond donors (Lipinski definition) is 1. The van der Waals surface area contributed by atoms with E-state index in [0.717, 1.165) is 21.4 Å². The molecule has 0 saturated carbocycles. The molecule has 17 heavy (non-hydrogen) atoms. The predicted molar refractivity (Wildman–Crippen MR) is 67.3 cm³/mol. The van der Waals surface area contributed by atoms with Gasteiger partial charge in [-0.15, -0.1) is 0 Å². The molecule has 0 spiro atoms. The van der Waals surface area contributed by atoms with Crippen LogP contribution in [-0.4, -0.2) is 20.9 Å². The summed E-state index contributed by atoms with van der Waals surface area (Å²) in [6.45, 7) is 1.87. The topological polar surface area (TPSA) is 55.1 Å². The Kier molecular flexibility index (Phi) is 3.28. The number of carboxylic acid groups (broad SMARTS) is 1. The third kappa shape index (κ3) is 2.39. The van der Waals surface area contributed by atoms with E-state index in [1.54, 1.807) is 10.9 Å². The van der Waals surface area contributed by atoms with Crippen molar-refractivity contribution in [2.45, 2.75) is 13.3 Å². The summed E-state index contributed by atoms with van der Waals surface area (Å²) in [5.41, 5.74) is 2.48. The second-order valence-electron chi connectivity index (χ2n) is 3.69. The molecule has 4 nitrogen and oxygen atoms in total. The predicted octanol–water partition coefficient (Wildman–Crippen LogP) is 2.57. The molecule has 0 atom stereocenters. The van der Waals surface area contributed by atoms with Crippen LogP contribution in [0.4, 0.5) is 0 Å². The molecule has 1 N–H and O–H groups in total. The lowest BCUT2D eigenvalue weighted by Gasteiger charge is -2.07. The molecule has 2 rings (SSSR count). The molecular weight excluding hydrogens is 284 g/mol. The maximum atomic E-state index is 10.7. The zero-order chi connectivity index (χ0) is 12.4. The summed E-state index contributed by atoms with van der Waals surface area (Å²) < 4.78 is 2.66. The Morgan fingerprint density at radius 2 is 2.18 bits per heavy atom. The Hall–Kier alpha value is -1.62. The average molecular weight is 295 g/mol. The standard InChI is InChI=1S/C12H11BrN2O2/c1-8-9(6-12(16)17)7-14-15(8)11-5-3-2-4-10(11)13/h2-5,7H,6H2,1H3,(H,16,17). The molecule has 0 fully saturated rings. The van der Waals surface area contributed by atoms with E-state index in [0.29, 0.717) is 0 Å². The van der Waals surface area contributed by atoms with E-state index < -0.39 is 5.97 Å². The van der Waals surface area contributed by atoms with Crippen LogP contribution in [0, 0.1) is 6.92 Å². The number of para-hydroxylation sites is 1. The van der Waals surface area contributed by atoms with Crippen molar-refractivity contribution in [1.82, 2.24) is 9.78 Å². The number of nitrogens with zero attached hydrogens (tertiary/aromatic N) is 2. The molecule has 0 amide bonds. The lowest BCUT2D eigenvalue weighted by Crippen LogP contribution is -2.03. The lowest BCUT2D eigenvalue weighted by atomic mass is 10.2. The van der Waals surface area contributed by atoms with Crippen LogP contribution in [0.3, 0.4) is 0 Å². The Labute approximate surface area is 107 Å². The normalized spacial score (nSPS) is 10.5. The number of hydrogen-bond acceptors (Lipinski definition) is 2. The van der Waals surface area contributed by atoms with Gasteiger partial charge < -0.3 is 5.11 Å². The molecule has 88 valence electrons. The number of benzene rings is 1. The second kappa shape index (κ2) is 4.71. The molecule has 0 aliphatic carbocycles. The van der Waals surface area contributed by atoms with E-state index >= 15 is 0 Å². The van der Waals surface area contributed by atoms with Crippen molar-refractivity contribution in [2.24, 2.45) is 0 Å². The van der Waals surface area contributed by atoms with Crippen LogP contribution in [0.1, 0.15) is 11.3 Å². The molecule has 2 aromatic rings. The molecule has 5 heteroatoms. The summed E-state index contributed by atoms with van der Waals surface area (Å²) in [5.74, 6) is -0.847. The molecule has 1 heterocycles. The van der Waals surface area contributed by atoms with Crippen LogP contribution in [0.2, 0.25) is 0 Å². The van der Waals surface area contributed by atoms with E-state index in [2.05, 4.69) is 21.0 Å². The number of halogens is 1. The van der Waals surface area contributed by atoms with Gasteiger partial charge in [-0.2, -0.15) is 5.10 Å². The molecule has 0 radical (unpaired) electrons. The first-order valence-electron chi connectivity index (χ1n) is 5.10. The number of carboxylic acids is 1. The van der Waals surface area contributed by atoms with Gasteiger partial charge in [-0.1, -0.05) is 12.1 Å². The third-order valence-electron chi connectivity index (χ3n) is 2.53. The zero-order valence-electron chi connectivity index (χ0n) is 9.22. The maximum Gasteiger partial charge on any atom is 0.307 e. The van der Waals surface area contributed by atoms with Gasteiger partial charge in [0, 0.05) is 15.7 Å². The summed E-state index contributed by atoms with van der Waals surface area (Å²) in [5, 5.41) is 13.0. The van der Waals surface area contributed by atoms with Crippen molar-refractivity contribution < 1.29 is 9.90 Å². The first-order valence-corrected chi connectivity index (χ1v) is 5.89. The van der Waals surface area contributed by atoms with Crippen LogP contribution in [0.5, 0.6) is 0 Å². The molecule has 1 aromatic carbocycles. The van der Waals surface area contributed by atoms with Crippen molar-refractivity contribution in [3.63, 3.8) is 0 Å². The Bertz CT molecular complexity index is 563. The van der Waals surface area contributed by atoms with Gasteiger partial charge >= 0.3 is 5.97 Å². The van der Waals surface area contributed by atoms with Gasteiger partial charge in [0.15, 0.2) is 0 Å². The molecule has 0 aliphatic rings. The number of rotatable bonds is 3. The van der Waals surface area contributed by atoms with E-state index in [4.69, 9.17) is 5.11 Å². The fraction of sp³-hybridized carbons (Fsp3) is 0.167. The highest BCUT2D eigenvalue weighted by atomic mass is 79.9. The van der Waals surface area contributed by atoms with Crippen LogP contribution in [0.15, 0.2) is 34.9 Å². The summed E-state index contributed by atoms with van der Waals surface area (Å²) >= 11 is 3.45. The number of aliphatic carboxylic acids is 1. The number of carbonyl (C=O) groups is 1. The minimum atomic E-state index is -0.847. The maximum absolute atomic E-state index is 10.7. The quantitative estimate of drug-likeness (QED) is 0.947. The van der Waals surface area contributed by atoms with Gasteiger partial charge in [0.05, 0.1) is 18.3 Å². The fourth-order valence-corrected chi connectivity index (χ4v) is 2.10. The summed E-state index contributed by atoms with van der Waals surface area (Å²) in [7, 11) is 0. The van der Waals surface area contributed by atoms with E-state index in [9.17, 15) is 4.79 Å². The summed E-state index contributed by atoms with van der Waals surface area (Å²) in [6.07, 6.45) is 1.60. The Morgan fingerprint density at radius 1 is 1.47 bits per heavy atom. The summed E-state index contributed by atoms with van der Waals surface area (Å²) in [4.78, 5) is 10.7. The van der Waals surface area contributed by atoms with E-state index in [1.165, 1.54) is 0 Å². The lowest BCUT2D eigenvalue weighted by molar-refractivity contribution is -0.136. The second-order valence-corrected chi connectivity index (χ2v) is 4.54. The third-order valence-corrected chi connectivity index (χ3v) is 3.20. The van der Waals surface area contributed by atoms with Crippen LogP contribution < -0.4 is 0 Å². The molecular formula is C12H11BrN2O2. The van der Waals surface area contributed by atoms with E-state index in [-0.39, 0.29) is 6.42 Å². The zero-order valence-corrected chi connectivity index (χ0v) is 10.8. The van der Waals surface area contributed by atoms with Gasteiger partial charge in [0.2, 0.25) is 0 Å². The van der Waals surface area contributed by atoms with Crippen molar-refractivity contribution in [3.8, 4) is 5.69 Å². The SMILES string of the molecule is Cc1c(CC(=O)O)cnn1-c1ccccc1Br. The van der Waals surface area contributed by atoms with Crippen molar-refractivity contribution in [1.29, 1.82) is 0 Å². The summed E-state index contributed by atoms with van der Waals surface area (Å²) in [6, 6.07) is 7.69. The highest BCUT2D eigenvalue weighted by molar-refractivity contribution is 9.10. The van der Waals surface area contributed by atoms with Gasteiger partial charge in [0.25, 0.3) is 0 Å². The van der Waals surface area contributed by atoms with Crippen molar-refractivity contribution in [2.75, 3.05) is 0 Å². The molecule has 0 unspecified atom stereocenters. The largest absolute Gasteiger partial charge is 0.481 e. The first kappa shape index (κ1) is 11.9. The van der Waals surface area contributed by atoms with Gasteiger partial charge in [-0.25, -0.2) is 4.68 Å². The van der Waals surface area contributed by atoms with Crippen molar-refractivity contribution >= 4 is 21.9 Å². The Balaban J connectivity index is 2.44. The van der Waals surface area contributed by atoms with Gasteiger partial charge in [0.1, 0.15) is 0 Å².